The molecule has 2 heterocycles. The van der Waals surface area contributed by atoms with Gasteiger partial charge >= 0.3 is 0 Å². The third kappa shape index (κ3) is 2.69. The van der Waals surface area contributed by atoms with Crippen LogP contribution in [0.1, 0.15) is 5.56 Å². The SMILES string of the molecule is COc1cccc(S(=O)(=O)n2cc(CCN)c3ccncc32)c1. The zero-order valence-electron chi connectivity index (χ0n) is 12.6. The van der Waals surface area contributed by atoms with Crippen molar-refractivity contribution < 1.29 is 13.2 Å². The van der Waals surface area contributed by atoms with Crippen molar-refractivity contribution >= 4 is 20.9 Å². The Hall–Kier alpha value is -2.38. The first kappa shape index (κ1) is 15.5. The van der Waals surface area contributed by atoms with Crippen molar-refractivity contribution in [3.8, 4) is 5.75 Å². The van der Waals surface area contributed by atoms with Crippen LogP contribution in [0.3, 0.4) is 0 Å². The first-order valence-corrected chi connectivity index (χ1v) is 8.55. The normalized spacial score (nSPS) is 11.7. The molecule has 0 unspecified atom stereocenters. The first-order chi connectivity index (χ1) is 11.1. The van der Waals surface area contributed by atoms with Crippen LogP contribution in [0.25, 0.3) is 10.9 Å². The lowest BCUT2D eigenvalue weighted by Gasteiger charge is -2.08. The van der Waals surface area contributed by atoms with E-state index in [0.29, 0.717) is 24.2 Å². The Morgan fingerprint density at radius 2 is 2.13 bits per heavy atom. The van der Waals surface area contributed by atoms with E-state index in [1.54, 1.807) is 42.9 Å². The highest BCUT2D eigenvalue weighted by molar-refractivity contribution is 7.90. The Morgan fingerprint density at radius 3 is 2.87 bits per heavy atom. The fourth-order valence-electron chi connectivity index (χ4n) is 2.54. The fraction of sp³-hybridized carbons (Fsp3) is 0.188. The number of rotatable bonds is 5. The molecule has 2 N–H and O–H groups in total. The maximum Gasteiger partial charge on any atom is 0.268 e. The van der Waals surface area contributed by atoms with Gasteiger partial charge in [0.05, 0.1) is 23.7 Å². The predicted molar refractivity (Wildman–Crippen MR) is 88.1 cm³/mol. The second kappa shape index (κ2) is 6.02. The van der Waals surface area contributed by atoms with Gasteiger partial charge in [-0.3, -0.25) is 4.98 Å². The summed E-state index contributed by atoms with van der Waals surface area (Å²) in [7, 11) is -2.24. The molecule has 0 saturated carbocycles. The van der Waals surface area contributed by atoms with E-state index in [2.05, 4.69) is 4.98 Å². The van der Waals surface area contributed by atoms with Crippen LogP contribution in [0, 0.1) is 0 Å². The summed E-state index contributed by atoms with van der Waals surface area (Å²) in [6.45, 7) is 0.445. The number of pyridine rings is 1. The summed E-state index contributed by atoms with van der Waals surface area (Å²) in [5, 5.41) is 0.844. The molecular weight excluding hydrogens is 314 g/mol. The van der Waals surface area contributed by atoms with Crippen molar-refractivity contribution in [1.29, 1.82) is 0 Å². The summed E-state index contributed by atoms with van der Waals surface area (Å²) in [4.78, 5) is 4.21. The van der Waals surface area contributed by atoms with Gasteiger partial charge in [0.15, 0.2) is 0 Å². The Balaban J connectivity index is 2.22. The molecule has 120 valence electrons. The molecule has 0 radical (unpaired) electrons. The van der Waals surface area contributed by atoms with Gasteiger partial charge in [0.2, 0.25) is 0 Å². The van der Waals surface area contributed by atoms with E-state index in [-0.39, 0.29) is 4.90 Å². The van der Waals surface area contributed by atoms with Crippen LogP contribution >= 0.6 is 0 Å². The Bertz CT molecular complexity index is 948. The third-order valence-corrected chi connectivity index (χ3v) is 5.34. The largest absolute Gasteiger partial charge is 0.497 e. The number of hydrogen-bond acceptors (Lipinski definition) is 5. The summed E-state index contributed by atoms with van der Waals surface area (Å²) >= 11 is 0. The minimum absolute atomic E-state index is 0.164. The topological polar surface area (TPSA) is 87.2 Å². The molecule has 6 nitrogen and oxygen atoms in total. The average Bonchev–Trinajstić information content (AvgIpc) is 2.95. The molecule has 2 aromatic heterocycles. The highest BCUT2D eigenvalue weighted by Crippen LogP contribution is 2.27. The number of aromatic nitrogens is 2. The van der Waals surface area contributed by atoms with Gasteiger partial charge < -0.3 is 10.5 Å². The second-order valence-electron chi connectivity index (χ2n) is 5.07. The van der Waals surface area contributed by atoms with E-state index in [1.807, 2.05) is 0 Å². The van der Waals surface area contributed by atoms with E-state index in [9.17, 15) is 8.42 Å². The maximum absolute atomic E-state index is 13.0. The van der Waals surface area contributed by atoms with Gasteiger partial charge in [-0.1, -0.05) is 6.07 Å². The molecule has 1 aromatic carbocycles. The first-order valence-electron chi connectivity index (χ1n) is 7.11. The summed E-state index contributed by atoms with van der Waals surface area (Å²) in [5.41, 5.74) is 7.05. The number of nitrogens with zero attached hydrogens (tertiary/aromatic N) is 2. The summed E-state index contributed by atoms with van der Waals surface area (Å²) in [5.74, 6) is 0.489. The molecule has 0 atom stereocenters. The summed E-state index contributed by atoms with van der Waals surface area (Å²) in [6.07, 6.45) is 5.41. The molecular formula is C16H17N3O3S. The molecule has 0 amide bonds. The lowest BCUT2D eigenvalue weighted by atomic mass is 10.1. The Kier molecular flexibility index (Phi) is 4.06. The Labute approximate surface area is 134 Å². The van der Waals surface area contributed by atoms with Gasteiger partial charge in [-0.05, 0) is 36.7 Å². The van der Waals surface area contributed by atoms with Crippen molar-refractivity contribution in [3.63, 3.8) is 0 Å². The van der Waals surface area contributed by atoms with Crippen molar-refractivity contribution in [2.45, 2.75) is 11.3 Å². The molecule has 0 aliphatic rings. The van der Waals surface area contributed by atoms with Crippen LogP contribution in [0.2, 0.25) is 0 Å². The van der Waals surface area contributed by atoms with Crippen LogP contribution in [0.4, 0.5) is 0 Å². The minimum Gasteiger partial charge on any atom is -0.497 e. The number of ether oxygens (including phenoxy) is 1. The van der Waals surface area contributed by atoms with E-state index < -0.39 is 10.0 Å². The molecule has 0 aliphatic carbocycles. The van der Waals surface area contributed by atoms with Crippen molar-refractivity contribution in [3.05, 3.63) is 54.5 Å². The number of nitrogens with two attached hydrogens (primary N) is 1. The molecule has 0 bridgehead atoms. The number of benzene rings is 1. The fourth-order valence-corrected chi connectivity index (χ4v) is 3.96. The van der Waals surface area contributed by atoms with Crippen molar-refractivity contribution in [2.24, 2.45) is 5.73 Å². The van der Waals surface area contributed by atoms with E-state index in [0.717, 1.165) is 10.9 Å². The third-order valence-electron chi connectivity index (χ3n) is 3.67. The van der Waals surface area contributed by atoms with E-state index >= 15 is 0 Å². The molecule has 23 heavy (non-hydrogen) atoms. The monoisotopic (exact) mass is 331 g/mol. The van der Waals surface area contributed by atoms with Crippen LogP contribution in [0.15, 0.2) is 53.8 Å². The van der Waals surface area contributed by atoms with Crippen LogP contribution in [0.5, 0.6) is 5.75 Å². The highest BCUT2D eigenvalue weighted by atomic mass is 32.2. The maximum atomic E-state index is 13.0. The molecule has 3 aromatic rings. The van der Waals surface area contributed by atoms with Crippen LogP contribution < -0.4 is 10.5 Å². The van der Waals surface area contributed by atoms with E-state index in [4.69, 9.17) is 10.5 Å². The van der Waals surface area contributed by atoms with Crippen molar-refractivity contribution in [2.75, 3.05) is 13.7 Å². The lowest BCUT2D eigenvalue weighted by Crippen LogP contribution is -2.12. The van der Waals surface area contributed by atoms with Crippen LogP contribution in [-0.4, -0.2) is 31.0 Å². The van der Waals surface area contributed by atoms with Gasteiger partial charge in [-0.15, -0.1) is 0 Å². The Morgan fingerprint density at radius 1 is 1.30 bits per heavy atom. The van der Waals surface area contributed by atoms with Crippen molar-refractivity contribution in [1.82, 2.24) is 8.96 Å². The van der Waals surface area contributed by atoms with Crippen LogP contribution in [-0.2, 0) is 16.4 Å². The van der Waals surface area contributed by atoms with Gasteiger partial charge in [-0.2, -0.15) is 0 Å². The molecule has 7 heteroatoms. The zero-order chi connectivity index (χ0) is 16.4. The van der Waals surface area contributed by atoms with Gasteiger partial charge in [-0.25, -0.2) is 12.4 Å². The van der Waals surface area contributed by atoms with Gasteiger partial charge in [0.1, 0.15) is 5.75 Å². The van der Waals surface area contributed by atoms with Gasteiger partial charge in [0.25, 0.3) is 10.0 Å². The quantitative estimate of drug-likeness (QED) is 0.770. The summed E-state index contributed by atoms with van der Waals surface area (Å²) < 4.78 is 32.3. The number of hydrogen-bond donors (Lipinski definition) is 1. The molecule has 3 rings (SSSR count). The number of methoxy groups -OCH3 is 1. The molecule has 0 fully saturated rings. The molecule has 0 spiro atoms. The average molecular weight is 331 g/mol. The zero-order valence-corrected chi connectivity index (χ0v) is 13.5. The molecule has 0 aliphatic heterocycles. The smallest absolute Gasteiger partial charge is 0.268 e. The minimum atomic E-state index is -3.74. The van der Waals surface area contributed by atoms with E-state index in [1.165, 1.54) is 17.1 Å². The lowest BCUT2D eigenvalue weighted by molar-refractivity contribution is 0.413. The standard InChI is InChI=1S/C16H17N3O3S/c1-22-13-3-2-4-14(9-13)23(20,21)19-11-12(5-7-17)15-6-8-18-10-16(15)19/h2-4,6,8-11H,5,7,17H2,1H3. The highest BCUT2D eigenvalue weighted by Gasteiger charge is 2.21. The number of fused-ring (bicyclic) bond motifs is 1. The second-order valence-corrected chi connectivity index (χ2v) is 6.88. The van der Waals surface area contributed by atoms with Gasteiger partial charge in [0, 0.05) is 23.8 Å². The molecule has 0 saturated heterocycles. The predicted octanol–water partition coefficient (Wildman–Crippen LogP) is 1.78. The summed E-state index contributed by atoms with van der Waals surface area (Å²) in [6, 6.07) is 8.20.